The second-order valence-electron chi connectivity index (χ2n) is 5.39. The summed E-state index contributed by atoms with van der Waals surface area (Å²) in [4.78, 5) is 24.8. The summed E-state index contributed by atoms with van der Waals surface area (Å²) in [7, 11) is 1.36. The Balaban J connectivity index is 1.83. The lowest BCUT2D eigenvalue weighted by Gasteiger charge is -2.05. The number of hydrogen-bond acceptors (Lipinski definition) is 4. The van der Waals surface area contributed by atoms with Crippen molar-refractivity contribution in [2.24, 2.45) is 0 Å². The number of H-pyrrole nitrogens is 1. The number of benzene rings is 2. The monoisotopic (exact) mass is 323 g/mol. The highest BCUT2D eigenvalue weighted by Crippen LogP contribution is 2.25. The first kappa shape index (κ1) is 15.8. The molecule has 1 aromatic heterocycles. The van der Waals surface area contributed by atoms with Gasteiger partial charge in [0.05, 0.1) is 13.7 Å². The lowest BCUT2D eigenvalue weighted by Crippen LogP contribution is -2.00. The number of ether oxygens (including phenoxy) is 2. The highest BCUT2D eigenvalue weighted by Gasteiger charge is 2.10. The van der Waals surface area contributed by atoms with E-state index in [-0.39, 0.29) is 5.97 Å². The molecule has 5 heteroatoms. The summed E-state index contributed by atoms with van der Waals surface area (Å²) >= 11 is 0. The van der Waals surface area contributed by atoms with Crippen molar-refractivity contribution in [3.63, 3.8) is 0 Å². The third kappa shape index (κ3) is 3.30. The smallest absolute Gasteiger partial charge is 0.354 e. The molecule has 0 unspecified atom stereocenters. The molecule has 0 bridgehead atoms. The zero-order chi connectivity index (χ0) is 16.9. The molecule has 5 nitrogen and oxygen atoms in total. The predicted molar refractivity (Wildman–Crippen MR) is 90.8 cm³/mol. The van der Waals surface area contributed by atoms with Crippen molar-refractivity contribution in [3.05, 3.63) is 59.8 Å². The van der Waals surface area contributed by atoms with Crippen molar-refractivity contribution in [3.8, 4) is 11.1 Å². The molecule has 3 aromatic rings. The van der Waals surface area contributed by atoms with E-state index in [4.69, 9.17) is 9.47 Å². The molecule has 0 amide bonds. The van der Waals surface area contributed by atoms with Crippen molar-refractivity contribution in [2.45, 2.75) is 6.42 Å². The maximum Gasteiger partial charge on any atom is 0.354 e. The number of fused-ring (bicyclic) bond motifs is 1. The first-order valence-corrected chi connectivity index (χ1v) is 7.57. The minimum Gasteiger partial charge on any atom is -0.468 e. The molecule has 0 radical (unpaired) electrons. The van der Waals surface area contributed by atoms with E-state index in [2.05, 4.69) is 4.98 Å². The normalized spacial score (nSPS) is 10.5. The number of rotatable bonds is 6. The van der Waals surface area contributed by atoms with Crippen molar-refractivity contribution in [2.75, 3.05) is 13.7 Å². The van der Waals surface area contributed by atoms with Crippen LogP contribution in [0.1, 0.15) is 16.1 Å². The highest BCUT2D eigenvalue weighted by atomic mass is 16.5. The fourth-order valence-electron chi connectivity index (χ4n) is 2.62. The van der Waals surface area contributed by atoms with Crippen LogP contribution in [0, 0.1) is 0 Å². The first-order chi connectivity index (χ1) is 11.7. The van der Waals surface area contributed by atoms with Gasteiger partial charge < -0.3 is 14.5 Å². The van der Waals surface area contributed by atoms with E-state index in [1.54, 1.807) is 6.07 Å². The molecule has 0 aliphatic heterocycles. The van der Waals surface area contributed by atoms with Crippen LogP contribution in [0.4, 0.5) is 0 Å². The van der Waals surface area contributed by atoms with Crippen molar-refractivity contribution < 1.29 is 19.1 Å². The lowest BCUT2D eigenvalue weighted by molar-refractivity contribution is -0.128. The molecule has 0 aliphatic rings. The number of hydrogen-bond donors (Lipinski definition) is 1. The highest BCUT2D eigenvalue weighted by molar-refractivity contribution is 5.96. The van der Waals surface area contributed by atoms with E-state index in [1.165, 1.54) is 7.11 Å². The van der Waals surface area contributed by atoms with Gasteiger partial charge in [-0.1, -0.05) is 30.3 Å². The average Bonchev–Trinajstić information content (AvgIpc) is 3.05. The summed E-state index contributed by atoms with van der Waals surface area (Å²) in [5.41, 5.74) is 4.58. The average molecular weight is 323 g/mol. The van der Waals surface area contributed by atoms with Gasteiger partial charge in [-0.05, 0) is 34.9 Å². The molecule has 0 spiro atoms. The van der Waals surface area contributed by atoms with Gasteiger partial charge >= 0.3 is 5.97 Å². The van der Waals surface area contributed by atoms with Crippen LogP contribution in [-0.4, -0.2) is 31.1 Å². The van der Waals surface area contributed by atoms with Gasteiger partial charge in [0.25, 0.3) is 6.47 Å². The summed E-state index contributed by atoms with van der Waals surface area (Å²) in [6, 6.07) is 15.9. The van der Waals surface area contributed by atoms with Crippen LogP contribution < -0.4 is 0 Å². The standard InChI is InChI=1S/C19H17NO4/c1-23-19(22)18-11-16-10-15(6-7-17(16)20-18)14-4-2-13(3-5-14)8-9-24-12-21/h2-7,10-12,20H,8-9H2,1H3. The van der Waals surface area contributed by atoms with Gasteiger partial charge in [-0.15, -0.1) is 0 Å². The minimum atomic E-state index is -0.380. The predicted octanol–water partition coefficient (Wildman–Crippen LogP) is 3.34. The number of methoxy groups -OCH3 is 1. The van der Waals surface area contributed by atoms with E-state index in [9.17, 15) is 9.59 Å². The van der Waals surface area contributed by atoms with Crippen LogP contribution in [0.25, 0.3) is 22.0 Å². The molecule has 122 valence electrons. The molecule has 1 N–H and O–H groups in total. The van der Waals surface area contributed by atoms with Gasteiger partial charge in [0.1, 0.15) is 5.69 Å². The Morgan fingerprint density at radius 2 is 1.83 bits per heavy atom. The number of carbonyl (C=O) groups is 2. The van der Waals surface area contributed by atoms with E-state index >= 15 is 0 Å². The van der Waals surface area contributed by atoms with E-state index < -0.39 is 0 Å². The van der Waals surface area contributed by atoms with Crippen molar-refractivity contribution in [1.29, 1.82) is 0 Å². The van der Waals surface area contributed by atoms with E-state index in [0.717, 1.165) is 27.6 Å². The number of aromatic amines is 1. The fraction of sp³-hybridized carbons (Fsp3) is 0.158. The Labute approximate surface area is 139 Å². The molecule has 1 heterocycles. The molecule has 24 heavy (non-hydrogen) atoms. The van der Waals surface area contributed by atoms with Gasteiger partial charge in [0.15, 0.2) is 0 Å². The molecule has 0 aliphatic carbocycles. The summed E-state index contributed by atoms with van der Waals surface area (Å²) in [5.74, 6) is -0.380. The number of aromatic nitrogens is 1. The van der Waals surface area contributed by atoms with Gasteiger partial charge in [0, 0.05) is 17.3 Å². The zero-order valence-electron chi connectivity index (χ0n) is 13.2. The van der Waals surface area contributed by atoms with Crippen LogP contribution in [-0.2, 0) is 20.7 Å². The first-order valence-electron chi connectivity index (χ1n) is 7.57. The zero-order valence-corrected chi connectivity index (χ0v) is 13.2. The topological polar surface area (TPSA) is 68.4 Å². The Hall–Kier alpha value is -3.08. The molecule has 2 aromatic carbocycles. The summed E-state index contributed by atoms with van der Waals surface area (Å²) in [5, 5.41) is 0.955. The van der Waals surface area contributed by atoms with Crippen LogP contribution in [0.5, 0.6) is 0 Å². The summed E-state index contributed by atoms with van der Waals surface area (Å²) in [6.45, 7) is 0.845. The molecule has 0 saturated carbocycles. The van der Waals surface area contributed by atoms with Crippen molar-refractivity contribution in [1.82, 2.24) is 4.98 Å². The quantitative estimate of drug-likeness (QED) is 0.429. The molecule has 0 atom stereocenters. The SMILES string of the molecule is COC(=O)c1cc2cc(-c3ccc(CCOC=O)cc3)ccc2[nH]1. The van der Waals surface area contributed by atoms with Crippen molar-refractivity contribution >= 4 is 23.3 Å². The van der Waals surface area contributed by atoms with Crippen LogP contribution in [0.2, 0.25) is 0 Å². The van der Waals surface area contributed by atoms with Gasteiger partial charge in [0.2, 0.25) is 0 Å². The number of carbonyl (C=O) groups excluding carboxylic acids is 2. The number of esters is 1. The van der Waals surface area contributed by atoms with E-state index in [0.29, 0.717) is 25.2 Å². The lowest BCUT2D eigenvalue weighted by atomic mass is 10.0. The Morgan fingerprint density at radius 3 is 2.54 bits per heavy atom. The van der Waals surface area contributed by atoms with Crippen LogP contribution >= 0.6 is 0 Å². The van der Waals surface area contributed by atoms with Crippen LogP contribution in [0.3, 0.4) is 0 Å². The molecular weight excluding hydrogens is 306 g/mol. The van der Waals surface area contributed by atoms with Gasteiger partial charge in [-0.2, -0.15) is 0 Å². The summed E-state index contributed by atoms with van der Waals surface area (Å²) < 4.78 is 9.44. The van der Waals surface area contributed by atoms with Gasteiger partial charge in [-0.25, -0.2) is 4.79 Å². The minimum absolute atomic E-state index is 0.380. The third-order valence-corrected chi connectivity index (χ3v) is 3.89. The van der Waals surface area contributed by atoms with Gasteiger partial charge in [-0.3, -0.25) is 4.79 Å². The molecule has 0 fully saturated rings. The largest absolute Gasteiger partial charge is 0.468 e. The molecular formula is C19H17NO4. The summed E-state index contributed by atoms with van der Waals surface area (Å²) in [6.07, 6.45) is 0.693. The second-order valence-corrected chi connectivity index (χ2v) is 5.39. The van der Waals surface area contributed by atoms with Crippen LogP contribution in [0.15, 0.2) is 48.5 Å². The Bertz CT molecular complexity index is 865. The van der Waals surface area contributed by atoms with E-state index in [1.807, 2.05) is 42.5 Å². The fourth-order valence-corrected chi connectivity index (χ4v) is 2.62. The maximum absolute atomic E-state index is 11.6. The number of nitrogens with one attached hydrogen (secondary N) is 1. The Morgan fingerprint density at radius 1 is 1.08 bits per heavy atom. The molecule has 3 rings (SSSR count). The maximum atomic E-state index is 11.6. The Kier molecular flexibility index (Phi) is 4.61. The third-order valence-electron chi connectivity index (χ3n) is 3.89. The molecule has 0 saturated heterocycles. The second kappa shape index (κ2) is 7.00.